The first kappa shape index (κ1) is 23.7. The smallest absolute Gasteiger partial charge is 0.454 e. The van der Waals surface area contributed by atoms with Crippen molar-refractivity contribution in [3.05, 3.63) is 40.0 Å². The van der Waals surface area contributed by atoms with Gasteiger partial charge >= 0.3 is 6.16 Å². The fraction of sp³-hybridized carbons (Fsp3) is 0.500. The SMILES string of the molecule is O=C(O)O.c1cc2c(cc1CCNc1nc(C3CCCCC3)nc3sc4c(c13)CCCC4)OCO2. The Labute approximate surface area is 208 Å². The average Bonchev–Trinajstić information content (AvgIpc) is 3.48. The van der Waals surface area contributed by atoms with Crippen LogP contribution >= 0.6 is 11.3 Å². The van der Waals surface area contributed by atoms with E-state index >= 15 is 0 Å². The fourth-order valence-electron chi connectivity index (χ4n) is 5.27. The minimum atomic E-state index is -1.83. The zero-order chi connectivity index (χ0) is 24.2. The number of carboxylic acid groups (broad SMARTS) is 2. The van der Waals surface area contributed by atoms with Crippen LogP contribution in [-0.2, 0) is 19.3 Å². The zero-order valence-electron chi connectivity index (χ0n) is 19.7. The van der Waals surface area contributed by atoms with Crippen molar-refractivity contribution in [3.8, 4) is 11.5 Å². The minimum absolute atomic E-state index is 0.323. The van der Waals surface area contributed by atoms with Crippen LogP contribution in [0.1, 0.15) is 72.7 Å². The Balaban J connectivity index is 0.000000591. The molecule has 2 aromatic heterocycles. The Bertz CT molecular complexity index is 1200. The Hall–Kier alpha value is -3.07. The summed E-state index contributed by atoms with van der Waals surface area (Å²) in [5.41, 5.74) is 2.76. The molecule has 186 valence electrons. The van der Waals surface area contributed by atoms with Gasteiger partial charge in [0, 0.05) is 17.3 Å². The fourth-order valence-corrected chi connectivity index (χ4v) is 6.54. The van der Waals surface area contributed by atoms with Gasteiger partial charge in [-0.2, -0.15) is 0 Å². The number of aryl methyl sites for hydroxylation is 2. The van der Waals surface area contributed by atoms with Gasteiger partial charge in [-0.25, -0.2) is 14.8 Å². The Morgan fingerprint density at radius 1 is 1.03 bits per heavy atom. The second-order valence-corrected chi connectivity index (χ2v) is 10.4. The number of ether oxygens (including phenoxy) is 2. The number of thiophene rings is 1. The number of carbonyl (C=O) groups is 1. The van der Waals surface area contributed by atoms with Gasteiger partial charge in [0.15, 0.2) is 11.5 Å². The van der Waals surface area contributed by atoms with Gasteiger partial charge in [-0.1, -0.05) is 25.3 Å². The maximum atomic E-state index is 8.56. The van der Waals surface area contributed by atoms with E-state index in [9.17, 15) is 0 Å². The van der Waals surface area contributed by atoms with Crippen molar-refractivity contribution in [3.63, 3.8) is 0 Å². The largest absolute Gasteiger partial charge is 0.503 e. The van der Waals surface area contributed by atoms with Crippen molar-refractivity contribution in [2.45, 2.75) is 70.1 Å². The summed E-state index contributed by atoms with van der Waals surface area (Å²) in [6.07, 6.45) is 10.5. The summed E-state index contributed by atoms with van der Waals surface area (Å²) < 4.78 is 11.0. The maximum absolute atomic E-state index is 8.56. The van der Waals surface area contributed by atoms with Gasteiger partial charge in [-0.05, 0) is 68.2 Å². The number of aromatic nitrogens is 2. The Kier molecular flexibility index (Phi) is 7.22. The van der Waals surface area contributed by atoms with Gasteiger partial charge in [0.1, 0.15) is 16.5 Å². The monoisotopic (exact) mass is 497 g/mol. The Morgan fingerprint density at radius 2 is 1.80 bits per heavy atom. The van der Waals surface area contributed by atoms with Gasteiger partial charge in [0.2, 0.25) is 6.79 Å². The van der Waals surface area contributed by atoms with Crippen molar-refractivity contribution in [1.29, 1.82) is 0 Å². The van der Waals surface area contributed by atoms with E-state index in [1.165, 1.54) is 77.6 Å². The molecule has 1 saturated carbocycles. The van der Waals surface area contributed by atoms with E-state index in [1.54, 1.807) is 0 Å². The highest BCUT2D eigenvalue weighted by molar-refractivity contribution is 7.19. The zero-order valence-corrected chi connectivity index (χ0v) is 20.5. The third kappa shape index (κ3) is 5.45. The third-order valence-electron chi connectivity index (χ3n) is 6.95. The second kappa shape index (κ2) is 10.7. The number of benzene rings is 1. The first-order chi connectivity index (χ1) is 17.1. The lowest BCUT2D eigenvalue weighted by Crippen LogP contribution is -2.13. The number of nitrogens with one attached hydrogen (secondary N) is 1. The molecule has 3 aliphatic rings. The van der Waals surface area contributed by atoms with Crippen molar-refractivity contribution < 1.29 is 24.5 Å². The standard InChI is InChI=1S/C25H29N3O2S.CH2O3/c1-2-6-17(7-3-1)23-27-24(22-18-8-4-5-9-21(18)31-25(22)28-23)26-13-12-16-10-11-19-20(14-16)30-15-29-19;2-1(3)4/h10-11,14,17H,1-9,12-13,15H2,(H,26,27,28);(H2,2,3,4). The number of fused-ring (bicyclic) bond motifs is 4. The van der Waals surface area contributed by atoms with Crippen molar-refractivity contribution in [2.75, 3.05) is 18.7 Å². The molecule has 0 unspecified atom stereocenters. The van der Waals surface area contributed by atoms with E-state index in [0.29, 0.717) is 12.7 Å². The van der Waals surface area contributed by atoms with Crippen molar-refractivity contribution in [2.24, 2.45) is 0 Å². The first-order valence-electron chi connectivity index (χ1n) is 12.4. The molecule has 6 rings (SSSR count). The number of nitrogens with zero attached hydrogens (tertiary/aromatic N) is 2. The van der Waals surface area contributed by atoms with Gasteiger partial charge in [-0.15, -0.1) is 11.3 Å². The van der Waals surface area contributed by atoms with E-state index < -0.39 is 6.16 Å². The number of hydrogen-bond donors (Lipinski definition) is 3. The van der Waals surface area contributed by atoms with Gasteiger partial charge < -0.3 is 25.0 Å². The molecule has 0 atom stereocenters. The number of hydrogen-bond acceptors (Lipinski definition) is 7. The van der Waals surface area contributed by atoms with Crippen LogP contribution in [0.3, 0.4) is 0 Å². The predicted octanol–water partition coefficient (Wildman–Crippen LogP) is 6.22. The molecule has 8 nitrogen and oxygen atoms in total. The molecular weight excluding hydrogens is 466 g/mol. The van der Waals surface area contributed by atoms with Crippen LogP contribution in [0.25, 0.3) is 10.2 Å². The van der Waals surface area contributed by atoms with E-state index in [-0.39, 0.29) is 0 Å². The molecule has 35 heavy (non-hydrogen) atoms. The molecule has 0 bridgehead atoms. The molecular formula is C26H31N3O5S. The molecule has 0 spiro atoms. The molecule has 3 heterocycles. The van der Waals surface area contributed by atoms with Gasteiger partial charge in [-0.3, -0.25) is 0 Å². The van der Waals surface area contributed by atoms with E-state index in [0.717, 1.165) is 42.5 Å². The Morgan fingerprint density at radius 3 is 2.63 bits per heavy atom. The molecule has 1 aliphatic heterocycles. The number of anilines is 1. The number of rotatable bonds is 5. The first-order valence-corrected chi connectivity index (χ1v) is 13.3. The van der Waals surface area contributed by atoms with Crippen molar-refractivity contribution in [1.82, 2.24) is 9.97 Å². The van der Waals surface area contributed by atoms with Crippen LogP contribution in [0.15, 0.2) is 18.2 Å². The van der Waals surface area contributed by atoms with Crippen LogP contribution in [0.5, 0.6) is 11.5 Å². The van der Waals surface area contributed by atoms with Crippen LogP contribution in [-0.4, -0.2) is 39.7 Å². The normalized spacial score (nSPS) is 16.9. The third-order valence-corrected chi connectivity index (χ3v) is 8.13. The lowest BCUT2D eigenvalue weighted by atomic mass is 9.88. The molecule has 2 aliphatic carbocycles. The van der Waals surface area contributed by atoms with Gasteiger partial charge in [0.25, 0.3) is 0 Å². The summed E-state index contributed by atoms with van der Waals surface area (Å²) in [6, 6.07) is 6.24. The highest BCUT2D eigenvalue weighted by Crippen LogP contribution is 2.41. The molecule has 1 aromatic carbocycles. The minimum Gasteiger partial charge on any atom is -0.454 e. The summed E-state index contributed by atoms with van der Waals surface area (Å²) in [5.74, 6) is 4.35. The summed E-state index contributed by atoms with van der Waals surface area (Å²) in [5, 5.41) is 18.9. The van der Waals surface area contributed by atoms with Crippen LogP contribution < -0.4 is 14.8 Å². The average molecular weight is 498 g/mol. The van der Waals surface area contributed by atoms with Crippen LogP contribution in [0, 0.1) is 0 Å². The highest BCUT2D eigenvalue weighted by atomic mass is 32.1. The summed E-state index contributed by atoms with van der Waals surface area (Å²) in [7, 11) is 0. The molecule has 3 aromatic rings. The molecule has 0 radical (unpaired) electrons. The molecule has 9 heteroatoms. The lowest BCUT2D eigenvalue weighted by Gasteiger charge is -2.21. The summed E-state index contributed by atoms with van der Waals surface area (Å²) in [6.45, 7) is 1.17. The van der Waals surface area contributed by atoms with Crippen LogP contribution in [0.2, 0.25) is 0 Å². The predicted molar refractivity (Wildman–Crippen MR) is 135 cm³/mol. The molecule has 0 amide bonds. The molecule has 0 saturated heterocycles. The van der Waals surface area contributed by atoms with E-state index in [2.05, 4.69) is 17.4 Å². The molecule has 3 N–H and O–H groups in total. The summed E-state index contributed by atoms with van der Waals surface area (Å²) >= 11 is 1.91. The van der Waals surface area contributed by atoms with E-state index in [4.69, 9.17) is 34.4 Å². The van der Waals surface area contributed by atoms with Crippen LogP contribution in [0.4, 0.5) is 10.6 Å². The highest BCUT2D eigenvalue weighted by Gasteiger charge is 2.24. The lowest BCUT2D eigenvalue weighted by molar-refractivity contribution is 0.137. The van der Waals surface area contributed by atoms with Gasteiger partial charge in [0.05, 0.1) is 5.39 Å². The molecule has 1 fully saturated rings. The quantitative estimate of drug-likeness (QED) is 0.380. The topological polar surface area (TPSA) is 114 Å². The maximum Gasteiger partial charge on any atom is 0.503 e. The van der Waals surface area contributed by atoms with E-state index in [1.807, 2.05) is 17.4 Å². The van der Waals surface area contributed by atoms with Crippen molar-refractivity contribution >= 4 is 33.5 Å². The summed E-state index contributed by atoms with van der Waals surface area (Å²) in [4.78, 5) is 21.5. The second-order valence-electron chi connectivity index (χ2n) is 9.30.